The fourth-order valence-corrected chi connectivity index (χ4v) is 1.79. The first-order chi connectivity index (χ1) is 7.08. The van der Waals surface area contributed by atoms with Crippen LogP contribution >= 0.6 is 0 Å². The molecule has 3 nitrogen and oxygen atoms in total. The number of ketones is 1. The molecular weight excluding hydrogens is 190 g/mol. The molecule has 1 aliphatic rings. The van der Waals surface area contributed by atoms with Gasteiger partial charge in [-0.05, 0) is 30.0 Å². The first kappa shape index (κ1) is 9.90. The van der Waals surface area contributed by atoms with E-state index in [2.05, 4.69) is 19.2 Å². The van der Waals surface area contributed by atoms with Crippen LogP contribution < -0.4 is 5.32 Å². The minimum atomic E-state index is -0.522. The molecule has 0 aromatic heterocycles. The molecule has 1 aromatic rings. The Bertz CT molecular complexity index is 435. The Morgan fingerprint density at radius 1 is 1.27 bits per heavy atom. The van der Waals surface area contributed by atoms with Crippen molar-refractivity contribution in [2.24, 2.45) is 5.92 Å². The quantitative estimate of drug-likeness (QED) is 0.747. The topological polar surface area (TPSA) is 46.2 Å². The van der Waals surface area contributed by atoms with Crippen LogP contribution in [0.15, 0.2) is 18.2 Å². The van der Waals surface area contributed by atoms with Crippen LogP contribution in [0.5, 0.6) is 0 Å². The van der Waals surface area contributed by atoms with Crippen LogP contribution in [0.3, 0.4) is 0 Å². The molecule has 0 bridgehead atoms. The molecule has 3 heteroatoms. The number of amides is 1. The number of hydrogen-bond donors (Lipinski definition) is 1. The summed E-state index contributed by atoms with van der Waals surface area (Å²) >= 11 is 0. The molecule has 1 amide bonds. The molecule has 0 fully saturated rings. The van der Waals surface area contributed by atoms with E-state index in [-0.39, 0.29) is 0 Å². The number of hydrogen-bond acceptors (Lipinski definition) is 2. The Hall–Kier alpha value is -1.64. The van der Waals surface area contributed by atoms with E-state index in [1.165, 1.54) is 0 Å². The van der Waals surface area contributed by atoms with Gasteiger partial charge in [0.1, 0.15) is 0 Å². The summed E-state index contributed by atoms with van der Waals surface area (Å²) < 4.78 is 0. The van der Waals surface area contributed by atoms with E-state index in [0.29, 0.717) is 17.2 Å². The summed E-state index contributed by atoms with van der Waals surface area (Å²) in [7, 11) is 0. The maximum absolute atomic E-state index is 11.4. The number of benzene rings is 1. The van der Waals surface area contributed by atoms with Gasteiger partial charge in [-0.3, -0.25) is 9.59 Å². The van der Waals surface area contributed by atoms with Gasteiger partial charge in [0.05, 0.1) is 11.3 Å². The van der Waals surface area contributed by atoms with E-state index in [1.807, 2.05) is 12.1 Å². The van der Waals surface area contributed by atoms with Crippen LogP contribution in [0.4, 0.5) is 5.69 Å². The molecule has 0 saturated carbocycles. The zero-order valence-electron chi connectivity index (χ0n) is 8.83. The predicted molar refractivity (Wildman–Crippen MR) is 57.9 cm³/mol. The number of Topliss-reactive ketones (excluding diaryl/α,β-unsaturated/α-hetero) is 1. The lowest BCUT2D eigenvalue weighted by molar-refractivity contribution is -0.112. The summed E-state index contributed by atoms with van der Waals surface area (Å²) in [6.07, 6.45) is 0.925. The molecular formula is C12H13NO2. The Morgan fingerprint density at radius 2 is 2.00 bits per heavy atom. The van der Waals surface area contributed by atoms with Gasteiger partial charge in [-0.2, -0.15) is 0 Å². The molecule has 2 rings (SSSR count). The van der Waals surface area contributed by atoms with Crippen LogP contribution in [0.2, 0.25) is 0 Å². The lowest BCUT2D eigenvalue weighted by Crippen LogP contribution is -2.12. The van der Waals surface area contributed by atoms with Crippen molar-refractivity contribution in [1.82, 2.24) is 0 Å². The highest BCUT2D eigenvalue weighted by Crippen LogP contribution is 2.24. The molecule has 1 heterocycles. The highest BCUT2D eigenvalue weighted by molar-refractivity contribution is 6.51. The van der Waals surface area contributed by atoms with Crippen molar-refractivity contribution in [2.75, 3.05) is 5.32 Å². The van der Waals surface area contributed by atoms with E-state index in [0.717, 1.165) is 12.0 Å². The zero-order valence-corrected chi connectivity index (χ0v) is 8.83. The van der Waals surface area contributed by atoms with Crippen LogP contribution in [0.25, 0.3) is 0 Å². The van der Waals surface area contributed by atoms with Crippen LogP contribution in [-0.2, 0) is 11.2 Å². The van der Waals surface area contributed by atoms with Crippen molar-refractivity contribution in [3.05, 3.63) is 29.3 Å². The molecule has 1 N–H and O–H groups in total. The maximum atomic E-state index is 11.4. The largest absolute Gasteiger partial charge is 0.318 e. The number of carbonyl (C=O) groups is 2. The van der Waals surface area contributed by atoms with Gasteiger partial charge in [-0.15, -0.1) is 0 Å². The third kappa shape index (κ3) is 1.77. The second-order valence-corrected chi connectivity index (χ2v) is 4.26. The van der Waals surface area contributed by atoms with Gasteiger partial charge < -0.3 is 5.32 Å². The van der Waals surface area contributed by atoms with Gasteiger partial charge in [-0.25, -0.2) is 0 Å². The summed E-state index contributed by atoms with van der Waals surface area (Å²) in [5.74, 6) is -0.398. The second-order valence-electron chi connectivity index (χ2n) is 4.26. The molecule has 1 aliphatic heterocycles. The lowest BCUT2D eigenvalue weighted by Gasteiger charge is -2.05. The minimum absolute atomic E-state index is 0.421. The van der Waals surface area contributed by atoms with Crippen molar-refractivity contribution in [1.29, 1.82) is 0 Å². The molecule has 1 aromatic carbocycles. The van der Waals surface area contributed by atoms with Crippen molar-refractivity contribution in [3.8, 4) is 0 Å². The van der Waals surface area contributed by atoms with E-state index in [1.54, 1.807) is 6.07 Å². The first-order valence-electron chi connectivity index (χ1n) is 5.06. The Balaban J connectivity index is 2.35. The number of rotatable bonds is 2. The summed E-state index contributed by atoms with van der Waals surface area (Å²) in [4.78, 5) is 22.5. The number of nitrogens with one attached hydrogen (secondary N) is 1. The van der Waals surface area contributed by atoms with Gasteiger partial charge in [0.15, 0.2) is 0 Å². The Labute approximate surface area is 88.5 Å². The van der Waals surface area contributed by atoms with Crippen LogP contribution in [0, 0.1) is 5.92 Å². The average Bonchev–Trinajstić information content (AvgIpc) is 2.43. The van der Waals surface area contributed by atoms with Crippen molar-refractivity contribution in [3.63, 3.8) is 0 Å². The first-order valence-corrected chi connectivity index (χ1v) is 5.06. The standard InChI is InChI=1S/C12H13NO2/c1-7(2)5-8-3-4-10-9(6-8)11(14)12(15)13-10/h3-4,6-7H,5H2,1-2H3,(H,13,14,15). The van der Waals surface area contributed by atoms with E-state index < -0.39 is 11.7 Å². The van der Waals surface area contributed by atoms with Gasteiger partial charge >= 0.3 is 0 Å². The molecule has 0 aliphatic carbocycles. The fraction of sp³-hybridized carbons (Fsp3) is 0.333. The van der Waals surface area contributed by atoms with Crippen molar-refractivity contribution < 1.29 is 9.59 Å². The SMILES string of the molecule is CC(C)Cc1ccc2c(c1)C(=O)C(=O)N2. The van der Waals surface area contributed by atoms with Gasteiger partial charge in [0, 0.05) is 0 Å². The third-order valence-corrected chi connectivity index (χ3v) is 2.43. The summed E-state index contributed by atoms with van der Waals surface area (Å²) in [5, 5.41) is 2.54. The molecule has 78 valence electrons. The molecule has 15 heavy (non-hydrogen) atoms. The maximum Gasteiger partial charge on any atom is 0.296 e. The zero-order chi connectivity index (χ0) is 11.0. The molecule has 0 radical (unpaired) electrons. The second kappa shape index (κ2) is 3.50. The lowest BCUT2D eigenvalue weighted by atomic mass is 10.00. The summed E-state index contributed by atoms with van der Waals surface area (Å²) in [6.45, 7) is 4.25. The third-order valence-electron chi connectivity index (χ3n) is 2.43. The van der Waals surface area contributed by atoms with Gasteiger partial charge in [0.25, 0.3) is 11.7 Å². The number of anilines is 1. The molecule has 0 unspecified atom stereocenters. The number of carbonyl (C=O) groups excluding carboxylic acids is 2. The number of fused-ring (bicyclic) bond motifs is 1. The van der Waals surface area contributed by atoms with E-state index in [4.69, 9.17) is 0 Å². The Morgan fingerprint density at radius 3 is 2.67 bits per heavy atom. The predicted octanol–water partition coefficient (Wildman–Crippen LogP) is 2.02. The molecule has 0 saturated heterocycles. The molecule has 0 atom stereocenters. The van der Waals surface area contributed by atoms with Crippen LogP contribution in [-0.4, -0.2) is 11.7 Å². The summed E-state index contributed by atoms with van der Waals surface area (Å²) in [5.41, 5.74) is 2.25. The fourth-order valence-electron chi connectivity index (χ4n) is 1.79. The van der Waals surface area contributed by atoms with Crippen LogP contribution in [0.1, 0.15) is 29.8 Å². The van der Waals surface area contributed by atoms with Gasteiger partial charge in [-0.1, -0.05) is 19.9 Å². The minimum Gasteiger partial charge on any atom is -0.318 e. The normalized spacial score (nSPS) is 14.3. The Kier molecular flexibility index (Phi) is 2.31. The van der Waals surface area contributed by atoms with Crippen molar-refractivity contribution >= 4 is 17.4 Å². The monoisotopic (exact) mass is 203 g/mol. The van der Waals surface area contributed by atoms with Crippen molar-refractivity contribution in [2.45, 2.75) is 20.3 Å². The average molecular weight is 203 g/mol. The van der Waals surface area contributed by atoms with E-state index in [9.17, 15) is 9.59 Å². The molecule has 0 spiro atoms. The van der Waals surface area contributed by atoms with Gasteiger partial charge in [0.2, 0.25) is 0 Å². The van der Waals surface area contributed by atoms with E-state index >= 15 is 0 Å². The smallest absolute Gasteiger partial charge is 0.296 e. The summed E-state index contributed by atoms with van der Waals surface area (Å²) in [6, 6.07) is 5.57. The highest BCUT2D eigenvalue weighted by Gasteiger charge is 2.27. The highest BCUT2D eigenvalue weighted by atomic mass is 16.2.